The standard InChI is InChI=1S/C23H29N5O2S.HI/c1-4-18-15-26-22(31-18)16-28-23(24-5-2)27-14-17-11-12-21(25-13-17)30-20-10-8-7-9-19(20)29-6-3;/h7-13,15H,4-6,14,16H2,1-3H3,(H2,24,27,28);1H. The highest BCUT2D eigenvalue weighted by Gasteiger charge is 2.07. The minimum absolute atomic E-state index is 0. The average Bonchev–Trinajstić information content (AvgIpc) is 3.26. The van der Waals surface area contributed by atoms with Crippen molar-refractivity contribution in [1.82, 2.24) is 20.6 Å². The summed E-state index contributed by atoms with van der Waals surface area (Å²) in [5.41, 5.74) is 0.991. The van der Waals surface area contributed by atoms with E-state index in [4.69, 9.17) is 9.47 Å². The summed E-state index contributed by atoms with van der Waals surface area (Å²) in [7, 11) is 0. The van der Waals surface area contributed by atoms with E-state index in [1.807, 2.05) is 56.4 Å². The molecule has 2 aromatic heterocycles. The highest BCUT2D eigenvalue weighted by Crippen LogP contribution is 2.30. The highest BCUT2D eigenvalue weighted by atomic mass is 127. The number of benzene rings is 1. The van der Waals surface area contributed by atoms with E-state index in [2.05, 4.69) is 32.5 Å². The quantitative estimate of drug-likeness (QED) is 0.200. The van der Waals surface area contributed by atoms with Crippen LogP contribution in [0, 0.1) is 0 Å². The molecule has 1 aromatic carbocycles. The number of ether oxygens (including phenoxy) is 2. The van der Waals surface area contributed by atoms with Crippen LogP contribution in [0.3, 0.4) is 0 Å². The van der Waals surface area contributed by atoms with E-state index in [0.29, 0.717) is 37.1 Å². The maximum Gasteiger partial charge on any atom is 0.219 e. The van der Waals surface area contributed by atoms with Gasteiger partial charge in [0.15, 0.2) is 17.5 Å². The van der Waals surface area contributed by atoms with Crippen molar-refractivity contribution in [2.75, 3.05) is 13.2 Å². The van der Waals surface area contributed by atoms with E-state index in [0.717, 1.165) is 29.5 Å². The molecule has 0 saturated heterocycles. The summed E-state index contributed by atoms with van der Waals surface area (Å²) in [5, 5.41) is 7.65. The molecule has 0 aliphatic rings. The molecule has 0 aliphatic carbocycles. The van der Waals surface area contributed by atoms with E-state index in [-0.39, 0.29) is 24.0 Å². The fraction of sp³-hybridized carbons (Fsp3) is 0.348. The predicted octanol–water partition coefficient (Wildman–Crippen LogP) is 5.16. The number of nitrogens with one attached hydrogen (secondary N) is 2. The predicted molar refractivity (Wildman–Crippen MR) is 140 cm³/mol. The molecule has 0 radical (unpaired) electrons. The zero-order valence-corrected chi connectivity index (χ0v) is 21.8. The summed E-state index contributed by atoms with van der Waals surface area (Å²) in [4.78, 5) is 14.8. The molecular weight excluding hydrogens is 537 g/mol. The molecule has 0 bridgehead atoms. The lowest BCUT2D eigenvalue weighted by molar-refractivity contribution is 0.319. The lowest BCUT2D eigenvalue weighted by Gasteiger charge is -2.11. The molecule has 0 fully saturated rings. The van der Waals surface area contributed by atoms with E-state index >= 15 is 0 Å². The Hall–Kier alpha value is -2.40. The zero-order valence-electron chi connectivity index (χ0n) is 18.6. The smallest absolute Gasteiger partial charge is 0.219 e. The van der Waals surface area contributed by atoms with Crippen LogP contribution in [0.2, 0.25) is 0 Å². The van der Waals surface area contributed by atoms with Crippen LogP contribution in [0.4, 0.5) is 0 Å². The molecule has 0 spiro atoms. The number of aromatic nitrogens is 2. The van der Waals surface area contributed by atoms with Gasteiger partial charge in [-0.15, -0.1) is 35.3 Å². The molecule has 0 atom stereocenters. The SMILES string of the molecule is CCNC(=NCc1ccc(Oc2ccccc2OCC)nc1)NCc1ncc(CC)s1.I. The van der Waals surface area contributed by atoms with Gasteiger partial charge < -0.3 is 20.1 Å². The zero-order chi connectivity index (χ0) is 21.9. The molecule has 2 N–H and O–H groups in total. The number of hydrogen-bond donors (Lipinski definition) is 2. The molecule has 3 rings (SSSR count). The Morgan fingerprint density at radius 2 is 1.81 bits per heavy atom. The van der Waals surface area contributed by atoms with Crippen molar-refractivity contribution in [3.63, 3.8) is 0 Å². The number of aryl methyl sites for hydroxylation is 1. The second-order valence-electron chi connectivity index (χ2n) is 6.61. The van der Waals surface area contributed by atoms with Crippen molar-refractivity contribution >= 4 is 41.3 Å². The third kappa shape index (κ3) is 7.94. The number of thiazole rings is 1. The van der Waals surface area contributed by atoms with Crippen LogP contribution in [-0.2, 0) is 19.5 Å². The molecule has 0 amide bonds. The van der Waals surface area contributed by atoms with Gasteiger partial charge in [0.2, 0.25) is 5.88 Å². The molecule has 0 aliphatic heterocycles. The Morgan fingerprint density at radius 3 is 2.47 bits per heavy atom. The fourth-order valence-corrected chi connectivity index (χ4v) is 3.55. The van der Waals surface area contributed by atoms with E-state index in [1.165, 1.54) is 4.88 Å². The van der Waals surface area contributed by atoms with Gasteiger partial charge >= 0.3 is 0 Å². The van der Waals surface area contributed by atoms with Crippen LogP contribution in [-0.4, -0.2) is 29.1 Å². The maximum absolute atomic E-state index is 5.88. The number of hydrogen-bond acceptors (Lipinski definition) is 6. The number of nitrogens with zero attached hydrogens (tertiary/aromatic N) is 3. The molecule has 2 heterocycles. The molecule has 7 nitrogen and oxygen atoms in total. The second-order valence-corrected chi connectivity index (χ2v) is 7.81. The Morgan fingerprint density at radius 1 is 1.00 bits per heavy atom. The first-order valence-corrected chi connectivity index (χ1v) is 11.3. The number of halogens is 1. The number of aliphatic imine (C=N–C) groups is 1. The Bertz CT molecular complexity index is 979. The van der Waals surface area contributed by atoms with Crippen LogP contribution < -0.4 is 20.1 Å². The monoisotopic (exact) mass is 567 g/mol. The molecule has 172 valence electrons. The number of rotatable bonds is 10. The molecule has 32 heavy (non-hydrogen) atoms. The lowest BCUT2D eigenvalue weighted by Crippen LogP contribution is -2.36. The van der Waals surface area contributed by atoms with E-state index in [9.17, 15) is 0 Å². The third-order valence-electron chi connectivity index (χ3n) is 4.28. The molecule has 0 saturated carbocycles. The lowest BCUT2D eigenvalue weighted by atomic mass is 10.3. The number of pyridine rings is 1. The summed E-state index contributed by atoms with van der Waals surface area (Å²) < 4.78 is 11.5. The minimum Gasteiger partial charge on any atom is -0.490 e. The first kappa shape index (κ1) is 25.9. The molecule has 0 unspecified atom stereocenters. The van der Waals surface area contributed by atoms with Gasteiger partial charge in [0.1, 0.15) is 5.01 Å². The molecule has 3 aromatic rings. The summed E-state index contributed by atoms with van der Waals surface area (Å²) in [6, 6.07) is 11.4. The van der Waals surface area contributed by atoms with Gasteiger partial charge in [-0.2, -0.15) is 0 Å². The van der Waals surface area contributed by atoms with Gasteiger partial charge in [0.25, 0.3) is 0 Å². The summed E-state index contributed by atoms with van der Waals surface area (Å²) >= 11 is 1.72. The first-order valence-electron chi connectivity index (χ1n) is 10.5. The summed E-state index contributed by atoms with van der Waals surface area (Å²) in [6.45, 7) is 8.66. The van der Waals surface area contributed by atoms with Gasteiger partial charge in [-0.05, 0) is 38.0 Å². The van der Waals surface area contributed by atoms with Crippen LogP contribution >= 0.6 is 35.3 Å². The van der Waals surface area contributed by atoms with Crippen molar-refractivity contribution in [3.05, 3.63) is 64.2 Å². The molecular formula is C23H30IN5O2S. The molecule has 9 heteroatoms. The van der Waals surface area contributed by atoms with Crippen molar-refractivity contribution in [3.8, 4) is 17.4 Å². The van der Waals surface area contributed by atoms with Gasteiger partial charge in [-0.25, -0.2) is 15.0 Å². The van der Waals surface area contributed by atoms with Gasteiger partial charge in [-0.1, -0.05) is 25.1 Å². The second kappa shape index (κ2) is 13.9. The van der Waals surface area contributed by atoms with Gasteiger partial charge in [-0.3, -0.25) is 0 Å². The third-order valence-corrected chi connectivity index (χ3v) is 5.42. The normalized spacial score (nSPS) is 10.9. The summed E-state index contributed by atoms with van der Waals surface area (Å²) in [6.07, 6.45) is 4.73. The van der Waals surface area contributed by atoms with E-state index < -0.39 is 0 Å². The number of para-hydroxylation sites is 2. The van der Waals surface area contributed by atoms with Crippen molar-refractivity contribution in [2.24, 2.45) is 4.99 Å². The van der Waals surface area contributed by atoms with Crippen molar-refractivity contribution in [2.45, 2.75) is 40.3 Å². The van der Waals surface area contributed by atoms with Crippen LogP contribution in [0.5, 0.6) is 17.4 Å². The Balaban J connectivity index is 0.00000363. The fourth-order valence-electron chi connectivity index (χ4n) is 2.75. The summed E-state index contributed by atoms with van der Waals surface area (Å²) in [5.74, 6) is 2.62. The largest absolute Gasteiger partial charge is 0.490 e. The average molecular weight is 567 g/mol. The maximum atomic E-state index is 5.88. The minimum atomic E-state index is 0. The van der Waals surface area contributed by atoms with Gasteiger partial charge in [0.05, 0.1) is 19.7 Å². The Labute approximate surface area is 210 Å². The van der Waals surface area contributed by atoms with Crippen LogP contribution in [0.1, 0.15) is 36.2 Å². The van der Waals surface area contributed by atoms with Gasteiger partial charge in [0, 0.05) is 29.9 Å². The number of guanidine groups is 1. The van der Waals surface area contributed by atoms with Crippen LogP contribution in [0.25, 0.3) is 0 Å². The van der Waals surface area contributed by atoms with E-state index in [1.54, 1.807) is 17.5 Å². The first-order chi connectivity index (χ1) is 15.2. The highest BCUT2D eigenvalue weighted by molar-refractivity contribution is 14.0. The van der Waals surface area contributed by atoms with Crippen LogP contribution in [0.15, 0.2) is 53.8 Å². The van der Waals surface area contributed by atoms with Crippen molar-refractivity contribution in [1.29, 1.82) is 0 Å². The topological polar surface area (TPSA) is 80.7 Å². The Kier molecular flexibility index (Phi) is 11.2. The van der Waals surface area contributed by atoms with Crippen molar-refractivity contribution < 1.29 is 9.47 Å².